The van der Waals surface area contributed by atoms with Gasteiger partial charge in [0.05, 0.1) is 18.6 Å². The number of alkyl halides is 2. The summed E-state index contributed by atoms with van der Waals surface area (Å²) in [7, 11) is 1.66. The summed E-state index contributed by atoms with van der Waals surface area (Å²) in [5.74, 6) is -3.40. The maximum atomic E-state index is 13.0. The van der Waals surface area contributed by atoms with Crippen LogP contribution in [0.4, 0.5) is 19.3 Å². The number of aryl methyl sites for hydroxylation is 1. The molecule has 1 aliphatic rings. The maximum absolute atomic E-state index is 13.0. The highest BCUT2D eigenvalue weighted by molar-refractivity contribution is 6.06. The Morgan fingerprint density at radius 1 is 1.27 bits per heavy atom. The number of nitrogens with one attached hydrogen (secondary N) is 1. The lowest BCUT2D eigenvalue weighted by Gasteiger charge is -2.38. The molecule has 0 unspecified atom stereocenters. The van der Waals surface area contributed by atoms with Crippen LogP contribution in [0.25, 0.3) is 10.9 Å². The van der Waals surface area contributed by atoms with Crippen LogP contribution in [0.2, 0.25) is 0 Å². The van der Waals surface area contributed by atoms with E-state index in [1.54, 1.807) is 46.0 Å². The first-order valence-electron chi connectivity index (χ1n) is 8.09. The first kappa shape index (κ1) is 18.1. The van der Waals surface area contributed by atoms with Gasteiger partial charge in [-0.2, -0.15) is 5.10 Å². The number of amides is 2. The molecular formula is C17H20F2N4O3. The minimum atomic E-state index is -2.84. The fourth-order valence-electron chi connectivity index (χ4n) is 2.73. The summed E-state index contributed by atoms with van der Waals surface area (Å²) in [6, 6.07) is 4.92. The highest BCUT2D eigenvalue weighted by Gasteiger charge is 2.47. The minimum absolute atomic E-state index is 0.0749. The van der Waals surface area contributed by atoms with Gasteiger partial charge in [-0.15, -0.1) is 0 Å². The second kappa shape index (κ2) is 5.93. The van der Waals surface area contributed by atoms with Gasteiger partial charge < -0.3 is 9.64 Å². The van der Waals surface area contributed by atoms with Crippen molar-refractivity contribution in [2.24, 2.45) is 7.05 Å². The van der Waals surface area contributed by atoms with Crippen LogP contribution in [0.15, 0.2) is 18.2 Å². The van der Waals surface area contributed by atoms with Gasteiger partial charge in [-0.25, -0.2) is 13.6 Å². The fraction of sp³-hybridized carbons (Fsp3) is 0.471. The molecule has 1 fully saturated rings. The number of ether oxygens (including phenoxy) is 1. The number of aromatic nitrogens is 2. The van der Waals surface area contributed by atoms with Gasteiger partial charge in [0.2, 0.25) is 0 Å². The van der Waals surface area contributed by atoms with Crippen LogP contribution in [-0.2, 0) is 11.8 Å². The average Bonchev–Trinajstić information content (AvgIpc) is 2.78. The topological polar surface area (TPSA) is 76.5 Å². The van der Waals surface area contributed by atoms with E-state index in [2.05, 4.69) is 10.4 Å². The Morgan fingerprint density at radius 3 is 2.50 bits per heavy atom. The van der Waals surface area contributed by atoms with Gasteiger partial charge in [-0.1, -0.05) is 0 Å². The molecule has 1 aromatic heterocycles. The molecule has 7 nitrogen and oxygen atoms in total. The standard InChI is InChI=1S/C17H20F2N4O3/c1-16(2,3)26-15(25)20-10-5-6-12-11(7-10)13(21-22(12)4)14(24)23-8-17(18,19)9-23/h5-7H,8-9H2,1-4H3,(H,20,25). The molecule has 2 aromatic rings. The zero-order valence-electron chi connectivity index (χ0n) is 15.0. The zero-order valence-corrected chi connectivity index (χ0v) is 15.0. The maximum Gasteiger partial charge on any atom is 0.412 e. The predicted molar refractivity (Wildman–Crippen MR) is 91.4 cm³/mol. The molecule has 1 aromatic carbocycles. The number of rotatable bonds is 2. The molecule has 0 aliphatic carbocycles. The summed E-state index contributed by atoms with van der Waals surface area (Å²) in [5, 5.41) is 7.22. The average molecular weight is 366 g/mol. The van der Waals surface area contributed by atoms with Crippen LogP contribution in [0.3, 0.4) is 0 Å². The Morgan fingerprint density at radius 2 is 1.92 bits per heavy atom. The lowest BCUT2D eigenvalue weighted by atomic mass is 10.1. The Bertz CT molecular complexity index is 878. The Balaban J connectivity index is 1.86. The highest BCUT2D eigenvalue weighted by Crippen LogP contribution is 2.30. The Hall–Kier alpha value is -2.71. The smallest absolute Gasteiger partial charge is 0.412 e. The molecule has 26 heavy (non-hydrogen) atoms. The Labute approximate surface area is 148 Å². The van der Waals surface area contributed by atoms with Gasteiger partial charge in [0.15, 0.2) is 5.69 Å². The van der Waals surface area contributed by atoms with E-state index in [0.717, 1.165) is 4.90 Å². The predicted octanol–water partition coefficient (Wildman–Crippen LogP) is 3.01. The molecule has 2 amide bonds. The molecule has 0 spiro atoms. The minimum Gasteiger partial charge on any atom is -0.444 e. The van der Waals surface area contributed by atoms with E-state index >= 15 is 0 Å². The zero-order chi connectivity index (χ0) is 19.3. The van der Waals surface area contributed by atoms with Gasteiger partial charge in [-0.3, -0.25) is 14.8 Å². The number of nitrogens with zero attached hydrogens (tertiary/aromatic N) is 3. The molecule has 0 saturated carbocycles. The summed E-state index contributed by atoms with van der Waals surface area (Å²) in [4.78, 5) is 25.4. The van der Waals surface area contributed by atoms with Crippen molar-refractivity contribution in [1.29, 1.82) is 0 Å². The lowest BCUT2D eigenvalue weighted by molar-refractivity contribution is -0.113. The third-order valence-electron chi connectivity index (χ3n) is 3.83. The summed E-state index contributed by atoms with van der Waals surface area (Å²) in [5.41, 5.74) is 0.496. The molecular weight excluding hydrogens is 346 g/mol. The summed E-state index contributed by atoms with van der Waals surface area (Å²) >= 11 is 0. The number of benzene rings is 1. The van der Waals surface area contributed by atoms with Gasteiger partial charge in [0.1, 0.15) is 5.60 Å². The monoisotopic (exact) mass is 366 g/mol. The lowest BCUT2D eigenvalue weighted by Crippen LogP contribution is -2.58. The van der Waals surface area contributed by atoms with E-state index in [9.17, 15) is 18.4 Å². The highest BCUT2D eigenvalue weighted by atomic mass is 19.3. The van der Waals surface area contributed by atoms with Crippen LogP contribution in [-0.4, -0.2) is 51.3 Å². The van der Waals surface area contributed by atoms with Gasteiger partial charge in [0, 0.05) is 18.1 Å². The van der Waals surface area contributed by atoms with E-state index in [1.165, 1.54) is 4.68 Å². The van der Waals surface area contributed by atoms with Crippen molar-refractivity contribution in [2.45, 2.75) is 32.3 Å². The van der Waals surface area contributed by atoms with E-state index in [4.69, 9.17) is 4.74 Å². The molecule has 0 bridgehead atoms. The first-order chi connectivity index (χ1) is 12.0. The van der Waals surface area contributed by atoms with E-state index in [-0.39, 0.29) is 5.69 Å². The number of anilines is 1. The van der Waals surface area contributed by atoms with Crippen molar-refractivity contribution >= 4 is 28.6 Å². The molecule has 1 aliphatic heterocycles. The number of fused-ring (bicyclic) bond motifs is 1. The molecule has 140 valence electrons. The molecule has 3 rings (SSSR count). The third-order valence-corrected chi connectivity index (χ3v) is 3.83. The molecule has 1 saturated heterocycles. The van der Waals surface area contributed by atoms with Crippen molar-refractivity contribution in [3.05, 3.63) is 23.9 Å². The van der Waals surface area contributed by atoms with Crippen LogP contribution in [0.1, 0.15) is 31.3 Å². The van der Waals surface area contributed by atoms with Crippen LogP contribution in [0.5, 0.6) is 0 Å². The number of hydrogen-bond acceptors (Lipinski definition) is 4. The third kappa shape index (κ3) is 3.61. The van der Waals surface area contributed by atoms with E-state index in [1.807, 2.05) is 0 Å². The van der Waals surface area contributed by atoms with Gasteiger partial charge >= 0.3 is 6.09 Å². The molecule has 2 heterocycles. The number of halogens is 2. The van der Waals surface area contributed by atoms with Crippen LogP contribution in [0, 0.1) is 0 Å². The van der Waals surface area contributed by atoms with E-state index in [0.29, 0.717) is 16.6 Å². The van der Waals surface area contributed by atoms with E-state index < -0.39 is 36.6 Å². The Kier molecular flexibility index (Phi) is 4.12. The van der Waals surface area contributed by atoms with Crippen LogP contribution < -0.4 is 5.32 Å². The second-order valence-corrected chi connectivity index (χ2v) is 7.35. The number of likely N-dealkylation sites (tertiary alicyclic amines) is 1. The quantitative estimate of drug-likeness (QED) is 0.886. The number of hydrogen-bond donors (Lipinski definition) is 1. The SMILES string of the molecule is Cn1nc(C(=O)N2CC(F)(F)C2)c2cc(NC(=O)OC(C)(C)C)ccc21. The largest absolute Gasteiger partial charge is 0.444 e. The van der Waals surface area contributed by atoms with Crippen LogP contribution >= 0.6 is 0 Å². The number of carbonyl (C=O) groups excluding carboxylic acids is 2. The molecule has 1 N–H and O–H groups in total. The van der Waals surface area contributed by atoms with Crippen molar-refractivity contribution in [1.82, 2.24) is 14.7 Å². The van der Waals surface area contributed by atoms with Crippen molar-refractivity contribution in [3.63, 3.8) is 0 Å². The summed E-state index contributed by atoms with van der Waals surface area (Å²) in [6.07, 6.45) is -0.629. The summed E-state index contributed by atoms with van der Waals surface area (Å²) < 4.78 is 32.8. The van der Waals surface area contributed by atoms with Crippen molar-refractivity contribution in [2.75, 3.05) is 18.4 Å². The first-order valence-corrected chi connectivity index (χ1v) is 8.09. The van der Waals surface area contributed by atoms with Gasteiger partial charge in [-0.05, 0) is 39.0 Å². The molecule has 9 heteroatoms. The molecule has 0 radical (unpaired) electrons. The van der Waals surface area contributed by atoms with Gasteiger partial charge in [0.25, 0.3) is 11.8 Å². The summed E-state index contributed by atoms with van der Waals surface area (Å²) in [6.45, 7) is 4.02. The van der Waals surface area contributed by atoms with Crippen molar-refractivity contribution in [3.8, 4) is 0 Å². The fourth-order valence-corrected chi connectivity index (χ4v) is 2.73. The molecule has 0 atom stereocenters. The normalized spacial score (nSPS) is 16.3. The second-order valence-electron chi connectivity index (χ2n) is 7.35. The van der Waals surface area contributed by atoms with Crippen molar-refractivity contribution < 1.29 is 23.1 Å². The number of carbonyl (C=O) groups is 2.